The number of carbonyl (C=O) groups is 1. The van der Waals surface area contributed by atoms with Gasteiger partial charge in [-0.25, -0.2) is 0 Å². The van der Waals surface area contributed by atoms with E-state index in [0.717, 1.165) is 16.9 Å². The van der Waals surface area contributed by atoms with Crippen LogP contribution < -0.4 is 10.1 Å². The van der Waals surface area contributed by atoms with Crippen LogP contribution in [0.3, 0.4) is 0 Å². The minimum atomic E-state index is -0.0618. The van der Waals surface area contributed by atoms with Gasteiger partial charge in [-0.3, -0.25) is 9.69 Å². The van der Waals surface area contributed by atoms with Crippen molar-refractivity contribution >= 4 is 34.2 Å². The highest BCUT2D eigenvalue weighted by atomic mass is 32.2. The van der Waals surface area contributed by atoms with Crippen LogP contribution in [0.15, 0.2) is 65.7 Å². The molecule has 28 heavy (non-hydrogen) atoms. The molecule has 0 aliphatic carbocycles. The molecule has 5 nitrogen and oxygen atoms in total. The van der Waals surface area contributed by atoms with Crippen molar-refractivity contribution in [2.75, 3.05) is 20.3 Å². The van der Waals surface area contributed by atoms with Crippen molar-refractivity contribution in [3.63, 3.8) is 0 Å². The van der Waals surface area contributed by atoms with Gasteiger partial charge < -0.3 is 14.8 Å². The summed E-state index contributed by atoms with van der Waals surface area (Å²) in [7, 11) is 1.65. The maximum Gasteiger partial charge on any atom is 0.267 e. The van der Waals surface area contributed by atoms with Crippen molar-refractivity contribution in [3.8, 4) is 5.75 Å². The molecule has 1 aliphatic rings. The monoisotopic (exact) mass is 414 g/mol. The fraction of sp³-hybridized carbons (Fsp3) is 0.238. The molecule has 1 heterocycles. The molecule has 2 aromatic carbocycles. The number of carbonyl (C=O) groups excluding carboxylic acids is 1. The minimum absolute atomic E-state index is 0.0618. The number of thioether (sulfide) groups is 1. The maximum absolute atomic E-state index is 12.6. The Labute approximate surface area is 174 Å². The largest absolute Gasteiger partial charge is 0.491 e. The van der Waals surface area contributed by atoms with Gasteiger partial charge in [0.15, 0.2) is 0 Å². The maximum atomic E-state index is 12.6. The van der Waals surface area contributed by atoms with E-state index in [9.17, 15) is 4.79 Å². The van der Waals surface area contributed by atoms with Crippen molar-refractivity contribution in [3.05, 3.63) is 76.8 Å². The Balaban J connectivity index is 1.52. The second-order valence-corrected chi connectivity index (χ2v) is 7.80. The predicted molar refractivity (Wildman–Crippen MR) is 116 cm³/mol. The van der Waals surface area contributed by atoms with Crippen molar-refractivity contribution in [2.45, 2.75) is 13.1 Å². The second kappa shape index (κ2) is 10.3. The number of nitrogens with zero attached hydrogens (tertiary/aromatic N) is 1. The Bertz CT molecular complexity index is 838. The molecular formula is C21H22N2O3S2. The SMILES string of the molecule is COCCOc1ccc(CN/C=C2\SC(=S)N(Cc3ccccc3)C2=O)cc1. The predicted octanol–water partition coefficient (Wildman–Crippen LogP) is 3.70. The number of ether oxygens (including phenoxy) is 2. The molecule has 1 amide bonds. The summed E-state index contributed by atoms with van der Waals surface area (Å²) < 4.78 is 11.1. The number of amides is 1. The Morgan fingerprint density at radius 2 is 1.82 bits per heavy atom. The van der Waals surface area contributed by atoms with Gasteiger partial charge in [0.05, 0.1) is 18.1 Å². The first-order chi connectivity index (χ1) is 13.7. The summed E-state index contributed by atoms with van der Waals surface area (Å²) in [4.78, 5) is 14.9. The lowest BCUT2D eigenvalue weighted by Crippen LogP contribution is -2.27. The molecule has 0 saturated carbocycles. The zero-order chi connectivity index (χ0) is 19.8. The molecule has 7 heteroatoms. The van der Waals surface area contributed by atoms with Gasteiger partial charge in [0, 0.05) is 19.9 Å². The highest BCUT2D eigenvalue weighted by Crippen LogP contribution is 2.31. The first-order valence-corrected chi connectivity index (χ1v) is 10.1. The Morgan fingerprint density at radius 3 is 2.54 bits per heavy atom. The molecule has 1 N–H and O–H groups in total. The molecule has 0 bridgehead atoms. The fourth-order valence-electron chi connectivity index (χ4n) is 2.61. The molecule has 1 fully saturated rings. The summed E-state index contributed by atoms with van der Waals surface area (Å²) in [5.41, 5.74) is 2.15. The first kappa shape index (κ1) is 20.4. The van der Waals surface area contributed by atoms with E-state index in [1.807, 2.05) is 54.6 Å². The van der Waals surface area contributed by atoms with E-state index in [4.69, 9.17) is 21.7 Å². The van der Waals surface area contributed by atoms with E-state index < -0.39 is 0 Å². The third kappa shape index (κ3) is 5.58. The number of benzene rings is 2. The van der Waals surface area contributed by atoms with Crippen LogP contribution in [-0.2, 0) is 22.6 Å². The molecule has 0 spiro atoms. The third-order valence-electron chi connectivity index (χ3n) is 4.08. The van der Waals surface area contributed by atoms with Crippen LogP contribution in [0, 0.1) is 0 Å². The van der Waals surface area contributed by atoms with Gasteiger partial charge in [0.2, 0.25) is 0 Å². The lowest BCUT2D eigenvalue weighted by Gasteiger charge is -2.14. The molecular weight excluding hydrogens is 392 g/mol. The highest BCUT2D eigenvalue weighted by Gasteiger charge is 2.31. The van der Waals surface area contributed by atoms with Gasteiger partial charge in [0.25, 0.3) is 5.91 Å². The number of nitrogens with one attached hydrogen (secondary N) is 1. The van der Waals surface area contributed by atoms with Crippen LogP contribution in [0.1, 0.15) is 11.1 Å². The Morgan fingerprint density at radius 1 is 1.07 bits per heavy atom. The average Bonchev–Trinajstić information content (AvgIpc) is 2.98. The molecule has 0 unspecified atom stereocenters. The molecule has 1 saturated heterocycles. The van der Waals surface area contributed by atoms with E-state index in [1.165, 1.54) is 11.8 Å². The summed E-state index contributed by atoms with van der Waals surface area (Å²) in [5.74, 6) is 0.746. The van der Waals surface area contributed by atoms with E-state index in [2.05, 4.69) is 5.32 Å². The zero-order valence-electron chi connectivity index (χ0n) is 15.6. The van der Waals surface area contributed by atoms with Crippen LogP contribution in [0.4, 0.5) is 0 Å². The van der Waals surface area contributed by atoms with Crippen LogP contribution in [0.25, 0.3) is 0 Å². The normalized spacial score (nSPS) is 15.3. The lowest BCUT2D eigenvalue weighted by molar-refractivity contribution is -0.122. The van der Waals surface area contributed by atoms with Gasteiger partial charge in [-0.1, -0.05) is 66.4 Å². The van der Waals surface area contributed by atoms with Crippen LogP contribution in [0.5, 0.6) is 5.75 Å². The van der Waals surface area contributed by atoms with Gasteiger partial charge in [0.1, 0.15) is 16.7 Å². The summed E-state index contributed by atoms with van der Waals surface area (Å²) in [6.45, 7) is 2.19. The molecule has 0 radical (unpaired) electrons. The molecule has 146 valence electrons. The number of hydrogen-bond donors (Lipinski definition) is 1. The van der Waals surface area contributed by atoms with Crippen LogP contribution >= 0.6 is 24.0 Å². The molecule has 0 aromatic heterocycles. The standard InChI is InChI=1S/C21H22N2O3S2/c1-25-11-12-26-18-9-7-16(8-10-18)13-22-14-19-20(24)23(21(27)28-19)15-17-5-3-2-4-6-17/h2-10,14,22H,11-13,15H2,1H3/b19-14-. The fourth-order valence-corrected chi connectivity index (χ4v) is 3.81. The number of thiocarbonyl (C=S) groups is 1. The summed E-state index contributed by atoms with van der Waals surface area (Å²) in [6.07, 6.45) is 1.74. The lowest BCUT2D eigenvalue weighted by atomic mass is 10.2. The van der Waals surface area contributed by atoms with Gasteiger partial charge >= 0.3 is 0 Å². The zero-order valence-corrected chi connectivity index (χ0v) is 17.2. The van der Waals surface area contributed by atoms with Crippen LogP contribution in [0.2, 0.25) is 0 Å². The van der Waals surface area contributed by atoms with E-state index in [1.54, 1.807) is 18.2 Å². The minimum Gasteiger partial charge on any atom is -0.491 e. The van der Waals surface area contributed by atoms with Gasteiger partial charge in [-0.15, -0.1) is 0 Å². The molecule has 3 rings (SSSR count). The molecule has 2 aromatic rings. The summed E-state index contributed by atoms with van der Waals surface area (Å²) >= 11 is 6.70. The highest BCUT2D eigenvalue weighted by molar-refractivity contribution is 8.26. The summed E-state index contributed by atoms with van der Waals surface area (Å²) in [6, 6.07) is 17.7. The van der Waals surface area contributed by atoms with Crippen molar-refractivity contribution in [1.29, 1.82) is 0 Å². The molecule has 0 atom stereocenters. The van der Waals surface area contributed by atoms with Crippen molar-refractivity contribution in [1.82, 2.24) is 10.2 Å². The van der Waals surface area contributed by atoms with Crippen LogP contribution in [-0.4, -0.2) is 35.5 Å². The number of hydrogen-bond acceptors (Lipinski definition) is 6. The first-order valence-electron chi connectivity index (χ1n) is 8.89. The topological polar surface area (TPSA) is 50.8 Å². The molecule has 1 aliphatic heterocycles. The second-order valence-electron chi connectivity index (χ2n) is 6.12. The summed E-state index contributed by atoms with van der Waals surface area (Å²) in [5, 5.41) is 3.20. The Hall–Kier alpha value is -2.35. The van der Waals surface area contributed by atoms with Gasteiger partial charge in [-0.05, 0) is 23.3 Å². The van der Waals surface area contributed by atoms with Crippen molar-refractivity contribution < 1.29 is 14.3 Å². The smallest absolute Gasteiger partial charge is 0.267 e. The third-order valence-corrected chi connectivity index (χ3v) is 5.45. The van der Waals surface area contributed by atoms with Crippen molar-refractivity contribution in [2.24, 2.45) is 0 Å². The van der Waals surface area contributed by atoms with E-state index in [-0.39, 0.29) is 5.91 Å². The quantitative estimate of drug-likeness (QED) is 0.384. The average molecular weight is 415 g/mol. The van der Waals surface area contributed by atoms with E-state index >= 15 is 0 Å². The Kier molecular flexibility index (Phi) is 7.47. The van der Waals surface area contributed by atoms with E-state index in [0.29, 0.717) is 35.5 Å². The number of rotatable bonds is 9. The van der Waals surface area contributed by atoms with Gasteiger partial charge in [-0.2, -0.15) is 0 Å². The number of methoxy groups -OCH3 is 1.